The van der Waals surface area contributed by atoms with E-state index in [4.69, 9.17) is 0 Å². The summed E-state index contributed by atoms with van der Waals surface area (Å²) < 4.78 is 0. The first kappa shape index (κ1) is 20.7. The summed E-state index contributed by atoms with van der Waals surface area (Å²) >= 11 is 0. The molecule has 4 aliphatic rings. The zero-order chi connectivity index (χ0) is 19.9. The minimum atomic E-state index is 0.346. The van der Waals surface area contributed by atoms with Crippen molar-refractivity contribution in [3.8, 4) is 0 Å². The van der Waals surface area contributed by atoms with Crippen LogP contribution >= 0.6 is 0 Å². The lowest BCUT2D eigenvalue weighted by atomic mass is 9.52. The van der Waals surface area contributed by atoms with Crippen LogP contribution in [0.3, 0.4) is 0 Å². The Bertz CT molecular complexity index is 630. The van der Waals surface area contributed by atoms with Crippen LogP contribution in [0.4, 0.5) is 0 Å². The van der Waals surface area contributed by atoms with Crippen LogP contribution in [-0.4, -0.2) is 11.7 Å². The fraction of sp³-hybridized carbons (Fsp3) is 0.852. The van der Waals surface area contributed by atoms with Crippen LogP contribution in [0.25, 0.3) is 0 Å². The summed E-state index contributed by atoms with van der Waals surface area (Å²) in [6, 6.07) is 0. The minimum absolute atomic E-state index is 0.346. The van der Waals surface area contributed by atoms with Crippen molar-refractivity contribution < 1.29 is 5.11 Å². The first-order chi connectivity index (χ1) is 13.4. The summed E-state index contributed by atoms with van der Waals surface area (Å²) in [5.41, 5.74) is 4.54. The molecule has 0 amide bonds. The van der Waals surface area contributed by atoms with Gasteiger partial charge in [0, 0.05) is 6.61 Å². The molecule has 0 aromatic carbocycles. The van der Waals surface area contributed by atoms with E-state index in [2.05, 4.69) is 39.8 Å². The molecule has 0 spiro atoms. The van der Waals surface area contributed by atoms with Gasteiger partial charge in [0.25, 0.3) is 0 Å². The van der Waals surface area contributed by atoms with Crippen LogP contribution in [0.15, 0.2) is 23.3 Å². The Kier molecular flexibility index (Phi) is 5.87. The summed E-state index contributed by atoms with van der Waals surface area (Å²) in [7, 11) is 0. The van der Waals surface area contributed by atoms with Gasteiger partial charge in [0.15, 0.2) is 0 Å². The van der Waals surface area contributed by atoms with Gasteiger partial charge >= 0.3 is 0 Å². The fourth-order valence-electron chi connectivity index (χ4n) is 7.93. The molecule has 1 heteroatoms. The van der Waals surface area contributed by atoms with Crippen LogP contribution in [0.1, 0.15) is 98.3 Å². The summed E-state index contributed by atoms with van der Waals surface area (Å²) in [4.78, 5) is 0. The Hall–Kier alpha value is -0.560. The highest BCUT2D eigenvalue weighted by Crippen LogP contribution is 2.64. The van der Waals surface area contributed by atoms with Crippen molar-refractivity contribution in [2.24, 2.45) is 40.4 Å². The van der Waals surface area contributed by atoms with Crippen LogP contribution in [0.2, 0.25) is 0 Å². The lowest BCUT2D eigenvalue weighted by Crippen LogP contribution is -2.42. The van der Waals surface area contributed by atoms with E-state index >= 15 is 0 Å². The number of fused-ring (bicyclic) bond motifs is 5. The molecule has 1 nitrogen and oxygen atoms in total. The van der Waals surface area contributed by atoms with Crippen LogP contribution < -0.4 is 0 Å². The molecular weight excluding hydrogens is 340 g/mol. The van der Waals surface area contributed by atoms with Gasteiger partial charge in [-0.1, -0.05) is 65.5 Å². The third-order valence-corrected chi connectivity index (χ3v) is 9.83. The van der Waals surface area contributed by atoms with Gasteiger partial charge in [0.05, 0.1) is 0 Å². The van der Waals surface area contributed by atoms with Crippen molar-refractivity contribution >= 4 is 0 Å². The van der Waals surface area contributed by atoms with Gasteiger partial charge in [-0.3, -0.25) is 0 Å². The lowest BCUT2D eigenvalue weighted by Gasteiger charge is -2.53. The molecule has 4 rings (SSSR count). The van der Waals surface area contributed by atoms with E-state index in [1.165, 1.54) is 70.6 Å². The molecule has 0 heterocycles. The summed E-state index contributed by atoms with van der Waals surface area (Å²) in [6.45, 7) is 10.3. The number of allylic oxidation sites excluding steroid dienone is 4. The first-order valence-electron chi connectivity index (χ1n) is 12.4. The van der Waals surface area contributed by atoms with Crippen molar-refractivity contribution in [1.29, 1.82) is 0 Å². The molecule has 7 atom stereocenters. The molecule has 0 radical (unpaired) electrons. The predicted octanol–water partition coefficient (Wildman–Crippen LogP) is 7.31. The van der Waals surface area contributed by atoms with E-state index < -0.39 is 0 Å². The zero-order valence-electron chi connectivity index (χ0n) is 19.0. The third kappa shape index (κ3) is 3.34. The molecule has 0 aromatic heterocycles. The Morgan fingerprint density at radius 1 is 1.07 bits per heavy atom. The molecule has 0 aromatic rings. The van der Waals surface area contributed by atoms with E-state index in [1.807, 2.05) is 0 Å². The van der Waals surface area contributed by atoms with Gasteiger partial charge in [-0.2, -0.15) is 0 Å². The molecule has 0 aliphatic heterocycles. The van der Waals surface area contributed by atoms with Gasteiger partial charge in [-0.15, -0.1) is 0 Å². The number of aliphatic hydroxyl groups is 1. The van der Waals surface area contributed by atoms with Crippen molar-refractivity contribution in [1.82, 2.24) is 0 Å². The highest BCUT2D eigenvalue weighted by Gasteiger charge is 2.54. The largest absolute Gasteiger partial charge is 0.396 e. The highest BCUT2D eigenvalue weighted by molar-refractivity contribution is 5.46. The molecule has 2 unspecified atom stereocenters. The fourth-order valence-corrected chi connectivity index (χ4v) is 7.93. The maximum Gasteiger partial charge on any atom is 0.0456 e. The quantitative estimate of drug-likeness (QED) is 0.509. The Morgan fingerprint density at radius 3 is 2.68 bits per heavy atom. The Morgan fingerprint density at radius 2 is 1.89 bits per heavy atom. The molecule has 4 aliphatic carbocycles. The molecule has 0 saturated heterocycles. The van der Waals surface area contributed by atoms with Crippen LogP contribution in [-0.2, 0) is 0 Å². The monoisotopic (exact) mass is 384 g/mol. The van der Waals surface area contributed by atoms with Crippen LogP contribution in [0.5, 0.6) is 0 Å². The normalized spacial score (nSPS) is 42.0. The van der Waals surface area contributed by atoms with E-state index in [0.29, 0.717) is 23.4 Å². The van der Waals surface area contributed by atoms with Gasteiger partial charge in [0.2, 0.25) is 0 Å². The summed E-state index contributed by atoms with van der Waals surface area (Å²) in [5, 5.41) is 9.31. The molecule has 1 N–H and O–H groups in total. The topological polar surface area (TPSA) is 20.2 Å². The lowest BCUT2D eigenvalue weighted by molar-refractivity contribution is 0.101. The number of hydrogen-bond acceptors (Lipinski definition) is 1. The first-order valence-corrected chi connectivity index (χ1v) is 12.4. The standard InChI is InChI=1S/C27H44O/c1-19(18-28)8-7-9-20(2)23-13-14-24-22-12-11-21-10-5-6-16-26(21,3)25(22)15-17-27(23,24)4/h12,15,19-21,23-24,28H,5-11,13-14,16-18H2,1-4H3/t19?,20-,21?,23-,24+,26+,27-/m1/s1. The molecule has 2 saturated carbocycles. The Balaban J connectivity index is 1.50. The van der Waals surface area contributed by atoms with Crippen LogP contribution in [0, 0.1) is 40.4 Å². The SMILES string of the molecule is CC(CO)CCC[C@@H](C)[C@H]1CC[C@H]2C3=CCC4CCCC[C@]4(C)C3=CC[C@]12C. The third-order valence-electron chi connectivity index (χ3n) is 9.83. The van der Waals surface area contributed by atoms with Gasteiger partial charge in [-0.05, 0) is 96.5 Å². The van der Waals surface area contributed by atoms with Gasteiger partial charge in [-0.25, -0.2) is 0 Å². The van der Waals surface area contributed by atoms with Crippen molar-refractivity contribution in [3.63, 3.8) is 0 Å². The van der Waals surface area contributed by atoms with Crippen molar-refractivity contribution in [2.45, 2.75) is 98.3 Å². The van der Waals surface area contributed by atoms with Gasteiger partial charge in [0.1, 0.15) is 0 Å². The zero-order valence-corrected chi connectivity index (χ0v) is 19.0. The average Bonchev–Trinajstić information content (AvgIpc) is 3.04. The second-order valence-corrected chi connectivity index (χ2v) is 11.5. The van der Waals surface area contributed by atoms with Crippen molar-refractivity contribution in [2.75, 3.05) is 6.61 Å². The van der Waals surface area contributed by atoms with E-state index in [-0.39, 0.29) is 0 Å². The summed E-state index contributed by atoms with van der Waals surface area (Å²) in [6.07, 6.45) is 20.5. The Labute approximate surface area is 174 Å². The van der Waals surface area contributed by atoms with E-state index in [0.717, 1.165) is 23.7 Å². The van der Waals surface area contributed by atoms with Gasteiger partial charge < -0.3 is 5.11 Å². The molecule has 0 bridgehead atoms. The van der Waals surface area contributed by atoms with Crippen molar-refractivity contribution in [3.05, 3.63) is 23.3 Å². The number of hydrogen-bond donors (Lipinski definition) is 1. The number of aliphatic hydroxyl groups excluding tert-OH is 1. The molecule has 158 valence electrons. The highest BCUT2D eigenvalue weighted by atomic mass is 16.3. The second kappa shape index (κ2) is 7.93. The maximum absolute atomic E-state index is 9.31. The van der Waals surface area contributed by atoms with E-state index in [1.54, 1.807) is 11.1 Å². The summed E-state index contributed by atoms with van der Waals surface area (Å²) in [5.74, 6) is 3.88. The minimum Gasteiger partial charge on any atom is -0.396 e. The smallest absolute Gasteiger partial charge is 0.0456 e. The predicted molar refractivity (Wildman–Crippen MR) is 119 cm³/mol. The average molecular weight is 385 g/mol. The maximum atomic E-state index is 9.31. The second-order valence-electron chi connectivity index (χ2n) is 11.5. The molecular formula is C27H44O. The molecule has 2 fully saturated rings. The van der Waals surface area contributed by atoms with E-state index in [9.17, 15) is 5.11 Å². The number of rotatable bonds is 6. The molecule has 28 heavy (non-hydrogen) atoms.